The Hall–Kier alpha value is -4.25. The minimum absolute atomic E-state index is 0.0394. The standard InChI is InChI=1S/C26H26N2O6/c1-4-13-33-20-10-7-18(8-11-20)15-21-24(29)27-26(31)28(25(21)30)17-19-9-12-22(34-14-5-2)23(16-19)32-6-3/h1,7-12,15-16H,5-6,13-14,17H2,2-3H3,(H,27,29,31)/b21-15+. The molecule has 0 aliphatic carbocycles. The molecule has 8 nitrogen and oxygen atoms in total. The highest BCUT2D eigenvalue weighted by Gasteiger charge is 2.35. The molecule has 176 valence electrons. The highest BCUT2D eigenvalue weighted by molar-refractivity contribution is 6.30. The number of nitrogens with one attached hydrogen (secondary N) is 1. The lowest BCUT2D eigenvalue weighted by Gasteiger charge is -2.26. The lowest BCUT2D eigenvalue weighted by Crippen LogP contribution is -2.53. The first-order valence-electron chi connectivity index (χ1n) is 10.9. The lowest BCUT2D eigenvalue weighted by atomic mass is 10.1. The Morgan fingerprint density at radius 1 is 1.00 bits per heavy atom. The quantitative estimate of drug-likeness (QED) is 0.330. The summed E-state index contributed by atoms with van der Waals surface area (Å²) in [6, 6.07) is 11.2. The van der Waals surface area contributed by atoms with Crippen LogP contribution in [0.4, 0.5) is 4.79 Å². The molecule has 1 N–H and O–H groups in total. The Kier molecular flexibility index (Phi) is 8.30. The average molecular weight is 463 g/mol. The Morgan fingerprint density at radius 2 is 1.76 bits per heavy atom. The lowest BCUT2D eigenvalue weighted by molar-refractivity contribution is -0.130. The number of hydrogen-bond donors (Lipinski definition) is 1. The Balaban J connectivity index is 1.81. The van der Waals surface area contributed by atoms with Gasteiger partial charge in [-0.25, -0.2) is 4.79 Å². The van der Waals surface area contributed by atoms with Gasteiger partial charge in [-0.1, -0.05) is 31.0 Å². The Bertz CT molecular complexity index is 1130. The van der Waals surface area contributed by atoms with Gasteiger partial charge in [-0.15, -0.1) is 6.42 Å². The van der Waals surface area contributed by atoms with Gasteiger partial charge in [-0.3, -0.25) is 19.8 Å². The van der Waals surface area contributed by atoms with Crippen molar-refractivity contribution >= 4 is 23.9 Å². The molecule has 1 aliphatic heterocycles. The topological polar surface area (TPSA) is 94.2 Å². The van der Waals surface area contributed by atoms with Gasteiger partial charge >= 0.3 is 6.03 Å². The largest absolute Gasteiger partial charge is 0.490 e. The van der Waals surface area contributed by atoms with Crippen molar-refractivity contribution in [2.75, 3.05) is 19.8 Å². The van der Waals surface area contributed by atoms with E-state index < -0.39 is 17.8 Å². The zero-order chi connectivity index (χ0) is 24.5. The minimum Gasteiger partial charge on any atom is -0.490 e. The summed E-state index contributed by atoms with van der Waals surface area (Å²) < 4.78 is 16.7. The van der Waals surface area contributed by atoms with Crippen LogP contribution in [0.3, 0.4) is 0 Å². The maximum atomic E-state index is 13.1. The van der Waals surface area contributed by atoms with Crippen LogP contribution < -0.4 is 19.5 Å². The summed E-state index contributed by atoms with van der Waals surface area (Å²) in [6.45, 7) is 4.93. The molecule has 34 heavy (non-hydrogen) atoms. The average Bonchev–Trinajstić information content (AvgIpc) is 2.83. The number of amides is 4. The van der Waals surface area contributed by atoms with Crippen LogP contribution in [-0.2, 0) is 16.1 Å². The number of rotatable bonds is 10. The van der Waals surface area contributed by atoms with Crippen molar-refractivity contribution < 1.29 is 28.6 Å². The number of terminal acetylenes is 1. The van der Waals surface area contributed by atoms with Gasteiger partial charge in [0.1, 0.15) is 17.9 Å². The van der Waals surface area contributed by atoms with Crippen molar-refractivity contribution in [2.45, 2.75) is 26.8 Å². The smallest absolute Gasteiger partial charge is 0.331 e. The number of benzene rings is 2. The zero-order valence-electron chi connectivity index (χ0n) is 19.1. The molecular formula is C26H26N2O6. The molecule has 1 saturated heterocycles. The molecule has 0 spiro atoms. The predicted molar refractivity (Wildman–Crippen MR) is 126 cm³/mol. The number of nitrogens with zero attached hydrogens (tertiary/aromatic N) is 1. The Morgan fingerprint density at radius 3 is 2.44 bits per heavy atom. The predicted octanol–water partition coefficient (Wildman–Crippen LogP) is 3.55. The number of barbiturate groups is 1. The van der Waals surface area contributed by atoms with Crippen LogP contribution in [0.25, 0.3) is 6.08 Å². The molecule has 1 aliphatic rings. The number of ether oxygens (including phenoxy) is 3. The molecule has 4 amide bonds. The summed E-state index contributed by atoms with van der Waals surface area (Å²) in [7, 11) is 0. The third-order valence-corrected chi connectivity index (χ3v) is 4.81. The number of urea groups is 1. The molecule has 0 radical (unpaired) electrons. The summed E-state index contributed by atoms with van der Waals surface area (Å²) >= 11 is 0. The van der Waals surface area contributed by atoms with Gasteiger partial charge in [0.15, 0.2) is 11.5 Å². The normalized spacial score (nSPS) is 14.6. The van der Waals surface area contributed by atoms with E-state index in [1.165, 1.54) is 6.08 Å². The second-order valence-electron chi connectivity index (χ2n) is 7.33. The summed E-state index contributed by atoms with van der Waals surface area (Å²) in [5.41, 5.74) is 1.10. The molecule has 0 unspecified atom stereocenters. The van der Waals surface area contributed by atoms with E-state index in [1.54, 1.807) is 42.5 Å². The van der Waals surface area contributed by atoms with E-state index in [2.05, 4.69) is 11.2 Å². The number of imide groups is 2. The van der Waals surface area contributed by atoms with Crippen molar-refractivity contribution in [3.63, 3.8) is 0 Å². The highest BCUT2D eigenvalue weighted by Crippen LogP contribution is 2.30. The summed E-state index contributed by atoms with van der Waals surface area (Å²) in [5.74, 6) is 2.61. The highest BCUT2D eigenvalue weighted by atomic mass is 16.5. The third kappa shape index (κ3) is 5.95. The fraction of sp³-hybridized carbons (Fsp3) is 0.269. The minimum atomic E-state index is -0.783. The molecule has 0 bridgehead atoms. The third-order valence-electron chi connectivity index (χ3n) is 4.81. The van der Waals surface area contributed by atoms with Crippen LogP contribution in [0.1, 0.15) is 31.4 Å². The van der Waals surface area contributed by atoms with Crippen molar-refractivity contribution in [3.8, 4) is 29.6 Å². The molecule has 1 fully saturated rings. The first-order valence-corrected chi connectivity index (χ1v) is 10.9. The van der Waals surface area contributed by atoms with Crippen molar-refractivity contribution in [3.05, 3.63) is 59.2 Å². The van der Waals surface area contributed by atoms with E-state index >= 15 is 0 Å². The van der Waals surface area contributed by atoms with Crippen LogP contribution in [0.2, 0.25) is 0 Å². The first-order chi connectivity index (χ1) is 16.5. The molecule has 0 atom stereocenters. The second kappa shape index (κ2) is 11.6. The molecule has 2 aromatic carbocycles. The number of carbonyl (C=O) groups excluding carboxylic acids is 3. The summed E-state index contributed by atoms with van der Waals surface area (Å²) in [6.07, 6.45) is 7.45. The summed E-state index contributed by atoms with van der Waals surface area (Å²) in [5, 5.41) is 2.22. The fourth-order valence-electron chi connectivity index (χ4n) is 3.22. The van der Waals surface area contributed by atoms with Gasteiger partial charge < -0.3 is 14.2 Å². The van der Waals surface area contributed by atoms with Crippen LogP contribution in [0.5, 0.6) is 17.2 Å². The number of carbonyl (C=O) groups is 3. The molecular weight excluding hydrogens is 436 g/mol. The van der Waals surface area contributed by atoms with Crippen LogP contribution >= 0.6 is 0 Å². The van der Waals surface area contributed by atoms with E-state index in [1.807, 2.05) is 13.8 Å². The SMILES string of the molecule is C#CCOc1ccc(/C=C2\C(=O)NC(=O)N(Cc3ccc(OCCC)c(OCC)c3)C2=O)cc1. The van der Waals surface area contributed by atoms with E-state index in [0.29, 0.717) is 41.6 Å². The van der Waals surface area contributed by atoms with Crippen LogP contribution in [-0.4, -0.2) is 42.6 Å². The Labute approximate surface area is 198 Å². The van der Waals surface area contributed by atoms with Gasteiger partial charge in [0.25, 0.3) is 11.8 Å². The molecule has 0 saturated carbocycles. The molecule has 2 aromatic rings. The van der Waals surface area contributed by atoms with Crippen molar-refractivity contribution in [2.24, 2.45) is 0 Å². The molecule has 3 rings (SSSR count). The van der Waals surface area contributed by atoms with Crippen LogP contribution in [0.15, 0.2) is 48.0 Å². The van der Waals surface area contributed by atoms with Gasteiger partial charge in [0.05, 0.1) is 19.8 Å². The van der Waals surface area contributed by atoms with E-state index in [9.17, 15) is 14.4 Å². The van der Waals surface area contributed by atoms with Crippen molar-refractivity contribution in [1.29, 1.82) is 0 Å². The monoisotopic (exact) mass is 462 g/mol. The molecule has 0 aromatic heterocycles. The first kappa shape index (κ1) is 24.4. The van der Waals surface area contributed by atoms with Gasteiger partial charge in [0.2, 0.25) is 0 Å². The van der Waals surface area contributed by atoms with Gasteiger partial charge in [-0.2, -0.15) is 0 Å². The van der Waals surface area contributed by atoms with E-state index in [-0.39, 0.29) is 18.7 Å². The number of hydrogen-bond acceptors (Lipinski definition) is 6. The van der Waals surface area contributed by atoms with E-state index in [4.69, 9.17) is 20.6 Å². The van der Waals surface area contributed by atoms with Crippen molar-refractivity contribution in [1.82, 2.24) is 10.2 Å². The molecule has 8 heteroatoms. The van der Waals surface area contributed by atoms with Gasteiger partial charge in [0, 0.05) is 0 Å². The zero-order valence-corrected chi connectivity index (χ0v) is 19.1. The summed E-state index contributed by atoms with van der Waals surface area (Å²) in [4.78, 5) is 38.9. The van der Waals surface area contributed by atoms with Gasteiger partial charge in [-0.05, 0) is 54.8 Å². The maximum Gasteiger partial charge on any atom is 0.331 e. The van der Waals surface area contributed by atoms with E-state index in [0.717, 1.165) is 11.3 Å². The second-order valence-corrected chi connectivity index (χ2v) is 7.33. The maximum absolute atomic E-state index is 13.1. The van der Waals surface area contributed by atoms with Crippen LogP contribution in [0, 0.1) is 12.3 Å². The fourth-order valence-corrected chi connectivity index (χ4v) is 3.22. The molecule has 1 heterocycles.